The molecule has 5 rings (SSSR count). The van der Waals surface area contributed by atoms with Gasteiger partial charge in [-0.15, -0.1) is 23.1 Å². The second kappa shape index (κ2) is 10.4. The van der Waals surface area contributed by atoms with Crippen LogP contribution in [0.1, 0.15) is 0 Å². The maximum Gasteiger partial charge on any atom is 0.352 e. The largest absolute Gasteiger partial charge is 0.477 e. The summed E-state index contributed by atoms with van der Waals surface area (Å²) in [5.74, 6) is -1.74. The zero-order chi connectivity index (χ0) is 26.3. The number of carboxylic acids is 1. The van der Waals surface area contributed by atoms with Crippen LogP contribution in [0.5, 0.6) is 0 Å². The van der Waals surface area contributed by atoms with Crippen LogP contribution < -0.4 is 20.4 Å². The summed E-state index contributed by atoms with van der Waals surface area (Å²) >= 11 is 5.45. The Bertz CT molecular complexity index is 1390. The van der Waals surface area contributed by atoms with Crippen LogP contribution in [0.15, 0.2) is 50.5 Å². The molecule has 194 valence electrons. The number of oxime groups is 1. The summed E-state index contributed by atoms with van der Waals surface area (Å²) in [6.45, 7) is 0. The molecule has 1 fully saturated rings. The molecule has 2 amide bonds. The van der Waals surface area contributed by atoms with E-state index in [0.29, 0.717) is 22.1 Å². The zero-order valence-electron chi connectivity index (χ0n) is 19.4. The van der Waals surface area contributed by atoms with Crippen molar-refractivity contribution in [3.63, 3.8) is 0 Å². The van der Waals surface area contributed by atoms with Gasteiger partial charge in [-0.1, -0.05) is 16.9 Å². The first-order chi connectivity index (χ1) is 17.8. The highest BCUT2D eigenvalue weighted by Gasteiger charge is 2.54. The first-order valence-electron chi connectivity index (χ1n) is 10.7. The SMILES string of the molecule is CO/N=C(/C(=O)NC1C(=O)N2C(C(=O)O)=C(CSc3nc4c[n+](C)ccc4s3)CS[C@@H]12)N1C=C(N)SN1. The molecule has 1 saturated heterocycles. The number of thiazole rings is 1. The number of amides is 2. The second-order valence-corrected chi connectivity index (χ2v) is 12.2. The van der Waals surface area contributed by atoms with E-state index >= 15 is 0 Å². The number of aryl methyl sites for hydroxylation is 1. The average molecular weight is 582 g/mol. The lowest BCUT2D eigenvalue weighted by atomic mass is 10.0. The molecular formula is C20H21N8O5S4+. The van der Waals surface area contributed by atoms with E-state index in [1.807, 2.05) is 30.1 Å². The number of aromatic nitrogens is 2. The van der Waals surface area contributed by atoms with Crippen molar-refractivity contribution in [3.8, 4) is 0 Å². The van der Waals surface area contributed by atoms with Crippen molar-refractivity contribution in [3.05, 3.63) is 41.0 Å². The van der Waals surface area contributed by atoms with Crippen molar-refractivity contribution < 1.29 is 28.9 Å². The van der Waals surface area contributed by atoms with Crippen LogP contribution in [0.3, 0.4) is 0 Å². The molecule has 3 aliphatic heterocycles. The quantitative estimate of drug-likeness (QED) is 0.0694. The molecule has 3 aliphatic rings. The number of β-lactam (4-membered cyclic amide) rings is 1. The van der Waals surface area contributed by atoms with Gasteiger partial charge in [0, 0.05) is 17.6 Å². The van der Waals surface area contributed by atoms with Gasteiger partial charge in [0.05, 0.1) is 10.9 Å². The van der Waals surface area contributed by atoms with Gasteiger partial charge in [-0.05, 0) is 17.5 Å². The van der Waals surface area contributed by atoms with Gasteiger partial charge in [-0.3, -0.25) is 14.5 Å². The van der Waals surface area contributed by atoms with Crippen molar-refractivity contribution in [2.24, 2.45) is 17.9 Å². The fraction of sp³-hybridized carbons (Fsp3) is 0.300. The fourth-order valence-corrected chi connectivity index (χ4v) is 7.86. The van der Waals surface area contributed by atoms with Crippen LogP contribution in [-0.2, 0) is 26.3 Å². The van der Waals surface area contributed by atoms with Crippen LogP contribution in [-0.4, -0.2) is 73.6 Å². The highest BCUT2D eigenvalue weighted by atomic mass is 32.2. The van der Waals surface area contributed by atoms with E-state index in [4.69, 9.17) is 10.6 Å². The Kier molecular flexibility index (Phi) is 7.21. The van der Waals surface area contributed by atoms with E-state index in [0.717, 1.165) is 26.5 Å². The summed E-state index contributed by atoms with van der Waals surface area (Å²) in [6.07, 6.45) is 5.32. The number of aliphatic carboxylic acids is 1. The van der Waals surface area contributed by atoms with Gasteiger partial charge in [-0.25, -0.2) is 19.4 Å². The molecule has 0 bridgehead atoms. The summed E-state index contributed by atoms with van der Waals surface area (Å²) in [5.41, 5.74) is 7.17. The predicted molar refractivity (Wildman–Crippen MR) is 140 cm³/mol. The van der Waals surface area contributed by atoms with Gasteiger partial charge >= 0.3 is 5.97 Å². The van der Waals surface area contributed by atoms with Gasteiger partial charge in [0.1, 0.15) is 41.8 Å². The fourth-order valence-electron chi connectivity index (χ4n) is 3.83. The molecule has 13 nitrogen and oxygen atoms in total. The lowest BCUT2D eigenvalue weighted by Gasteiger charge is -2.49. The molecule has 0 spiro atoms. The second-order valence-electron chi connectivity index (χ2n) is 7.94. The highest BCUT2D eigenvalue weighted by Crippen LogP contribution is 2.42. The predicted octanol–water partition coefficient (Wildman–Crippen LogP) is 0.137. The number of pyridine rings is 1. The van der Waals surface area contributed by atoms with Crippen LogP contribution >= 0.6 is 46.8 Å². The molecule has 0 aliphatic carbocycles. The third kappa shape index (κ3) is 4.96. The molecule has 0 aromatic carbocycles. The van der Waals surface area contributed by atoms with Crippen LogP contribution in [0, 0.1) is 0 Å². The number of amidine groups is 1. The number of carbonyl (C=O) groups excluding carboxylic acids is 2. The molecule has 37 heavy (non-hydrogen) atoms. The number of nitrogens with one attached hydrogen (secondary N) is 2. The summed E-state index contributed by atoms with van der Waals surface area (Å²) < 4.78 is 3.78. The van der Waals surface area contributed by atoms with Crippen molar-refractivity contribution in [2.45, 2.75) is 15.8 Å². The lowest BCUT2D eigenvalue weighted by Crippen LogP contribution is -2.71. The molecule has 1 unspecified atom stereocenters. The number of carbonyl (C=O) groups is 3. The Labute approximate surface area is 227 Å². The minimum Gasteiger partial charge on any atom is -0.477 e. The molecular weight excluding hydrogens is 561 g/mol. The van der Waals surface area contributed by atoms with Gasteiger partial charge in [0.15, 0.2) is 16.7 Å². The number of hydrazine groups is 1. The number of hydrogen-bond acceptors (Lipinski definition) is 12. The molecule has 2 aromatic rings. The highest BCUT2D eigenvalue weighted by molar-refractivity contribution is 8.02. The first kappa shape index (κ1) is 25.7. The van der Waals surface area contributed by atoms with Crippen LogP contribution in [0.2, 0.25) is 0 Å². The third-order valence-corrected chi connectivity index (χ3v) is 9.72. The molecule has 0 radical (unpaired) electrons. The van der Waals surface area contributed by atoms with E-state index in [9.17, 15) is 19.5 Å². The van der Waals surface area contributed by atoms with Gasteiger partial charge in [0.25, 0.3) is 17.6 Å². The van der Waals surface area contributed by atoms with E-state index in [2.05, 4.69) is 20.3 Å². The molecule has 2 atom stereocenters. The molecule has 17 heteroatoms. The average Bonchev–Trinajstić information content (AvgIpc) is 3.48. The van der Waals surface area contributed by atoms with Gasteiger partial charge in [-0.2, -0.15) is 4.83 Å². The minimum absolute atomic E-state index is 0.0432. The van der Waals surface area contributed by atoms with E-state index in [-0.39, 0.29) is 11.5 Å². The van der Waals surface area contributed by atoms with E-state index in [1.54, 1.807) is 0 Å². The number of carboxylic acid groups (broad SMARTS) is 1. The Morgan fingerprint density at radius 3 is 3.00 bits per heavy atom. The molecule has 0 saturated carbocycles. The smallest absolute Gasteiger partial charge is 0.352 e. The third-order valence-electron chi connectivity index (χ3n) is 5.48. The Morgan fingerprint density at radius 2 is 2.30 bits per heavy atom. The minimum atomic E-state index is -1.18. The van der Waals surface area contributed by atoms with Crippen LogP contribution in [0.4, 0.5) is 0 Å². The van der Waals surface area contributed by atoms with Gasteiger partial charge < -0.3 is 21.0 Å². The Hall–Kier alpha value is -2.99. The summed E-state index contributed by atoms with van der Waals surface area (Å²) in [4.78, 5) is 51.5. The lowest BCUT2D eigenvalue weighted by molar-refractivity contribution is -0.670. The molecule has 2 aromatic heterocycles. The monoisotopic (exact) mass is 581 g/mol. The summed E-state index contributed by atoms with van der Waals surface area (Å²) in [7, 11) is 3.21. The summed E-state index contributed by atoms with van der Waals surface area (Å²) in [6, 6.07) is 1.07. The molecule has 5 heterocycles. The number of thioether (sulfide) groups is 2. The number of fused-ring (bicyclic) bond motifs is 2. The van der Waals surface area contributed by atoms with Crippen molar-refractivity contribution >= 4 is 80.6 Å². The number of hydrogen-bond donors (Lipinski definition) is 4. The maximum absolute atomic E-state index is 13.0. The zero-order valence-corrected chi connectivity index (χ0v) is 22.7. The Morgan fingerprint density at radius 1 is 1.49 bits per heavy atom. The van der Waals surface area contributed by atoms with Gasteiger partial charge in [0.2, 0.25) is 0 Å². The van der Waals surface area contributed by atoms with E-state index in [1.165, 1.54) is 58.1 Å². The number of rotatable bonds is 6. The van der Waals surface area contributed by atoms with Crippen molar-refractivity contribution in [1.82, 2.24) is 25.0 Å². The number of nitrogens with two attached hydrogens (primary N) is 1. The van der Waals surface area contributed by atoms with E-state index < -0.39 is 29.2 Å². The topological polar surface area (TPSA) is 166 Å². The standard InChI is InChI=1S/C20H20N8O5S4/c1-26-4-3-11-10(5-26)22-20(36-11)35-8-9-7-34-18-13(17(30)28(18)14(9)19(31)32)23-16(29)15(24-33-2)27-6-12(21)37-25-27/h3-6,13,18,25H,7-8,21H2,1-2H3,(H-,23,29,31,32)/p+1/b24-15-/t13?,18-/m0/s1. The Balaban J connectivity index is 1.29. The number of nitrogens with zero attached hydrogens (tertiary/aromatic N) is 5. The van der Waals surface area contributed by atoms with Crippen molar-refractivity contribution in [1.29, 1.82) is 0 Å². The normalized spacial score (nSPS) is 21.6. The molecule has 5 N–H and O–H groups in total. The maximum atomic E-state index is 13.0. The van der Waals surface area contributed by atoms with Crippen molar-refractivity contribution in [2.75, 3.05) is 18.6 Å². The summed E-state index contributed by atoms with van der Waals surface area (Å²) in [5, 5.41) is 17.4. The first-order valence-corrected chi connectivity index (χ1v) is 14.3. The van der Waals surface area contributed by atoms with Crippen LogP contribution in [0.25, 0.3) is 10.2 Å².